The molecule has 0 radical (unpaired) electrons. The van der Waals surface area contributed by atoms with Gasteiger partial charge < -0.3 is 23.4 Å². The van der Waals surface area contributed by atoms with E-state index in [2.05, 4.69) is 70.1 Å². The van der Waals surface area contributed by atoms with Crippen molar-refractivity contribution in [2.24, 2.45) is 13.0 Å². The number of rotatable bonds is 14. The van der Waals surface area contributed by atoms with Crippen molar-refractivity contribution in [2.45, 2.75) is 65.1 Å². The Morgan fingerprint density at radius 1 is 0.976 bits per heavy atom. The molecule has 0 aliphatic heterocycles. The minimum absolute atomic E-state index is 0.173. The van der Waals surface area contributed by atoms with Crippen LogP contribution in [0.25, 0.3) is 22.3 Å². The quantitative estimate of drug-likeness (QED) is 0.137. The second kappa shape index (κ2) is 13.3. The molecule has 2 heterocycles. The van der Waals surface area contributed by atoms with Crippen LogP contribution in [0.5, 0.6) is 11.5 Å². The Bertz CT molecular complexity index is 1460. The van der Waals surface area contributed by atoms with Crippen molar-refractivity contribution >= 4 is 30.7 Å². The molecule has 0 spiro atoms. The first-order chi connectivity index (χ1) is 20.0. The van der Waals surface area contributed by atoms with E-state index < -0.39 is 8.32 Å². The summed E-state index contributed by atoms with van der Waals surface area (Å²) in [5.41, 5.74) is 5.58. The fraction of sp³-hybridized carbons (Fsp3) is 0.471. The number of ether oxygens (including phenoxy) is 2. The number of nitrogens with zero attached hydrogens (tertiary/aromatic N) is 4. The first kappa shape index (κ1) is 31.6. The lowest BCUT2D eigenvalue weighted by Crippen LogP contribution is -2.44. The topological polar surface area (TPSA) is 61.6 Å². The van der Waals surface area contributed by atoms with Gasteiger partial charge in [-0.3, -0.25) is 4.98 Å². The summed E-state index contributed by atoms with van der Waals surface area (Å²) in [6.45, 7) is 15.4. The van der Waals surface area contributed by atoms with Gasteiger partial charge in [-0.25, -0.2) is 4.98 Å². The Balaban J connectivity index is 1.65. The molecule has 0 saturated heterocycles. The monoisotopic (exact) mass is 588 g/mol. The molecule has 226 valence electrons. The Labute approximate surface area is 253 Å². The molecular formula is C34H48N4O3Si. The van der Waals surface area contributed by atoms with E-state index in [-0.39, 0.29) is 5.04 Å². The highest BCUT2D eigenvalue weighted by molar-refractivity contribution is 6.74. The summed E-state index contributed by atoms with van der Waals surface area (Å²) >= 11 is 0. The lowest BCUT2D eigenvalue weighted by molar-refractivity contribution is 0.284. The Morgan fingerprint density at radius 3 is 2.31 bits per heavy atom. The molecule has 0 aliphatic rings. The van der Waals surface area contributed by atoms with Crippen molar-refractivity contribution < 1.29 is 13.9 Å². The summed E-state index contributed by atoms with van der Waals surface area (Å²) in [6.07, 6.45) is 9.56. The molecule has 0 bridgehead atoms. The summed E-state index contributed by atoms with van der Waals surface area (Å²) in [5.74, 6) is 2.22. The van der Waals surface area contributed by atoms with Gasteiger partial charge in [-0.15, -0.1) is 0 Å². The average Bonchev–Trinajstić information content (AvgIpc) is 3.43. The van der Waals surface area contributed by atoms with E-state index in [0.29, 0.717) is 13.2 Å². The third-order valence-corrected chi connectivity index (χ3v) is 13.4. The number of anilines is 2. The molecule has 8 heteroatoms. The second-order valence-corrected chi connectivity index (χ2v) is 17.2. The number of hydrogen-bond acceptors (Lipinski definition) is 6. The highest BCUT2D eigenvalue weighted by Crippen LogP contribution is 2.43. The minimum Gasteiger partial charge on any atom is -0.497 e. The fourth-order valence-electron chi connectivity index (χ4n) is 5.02. The van der Waals surface area contributed by atoms with Crippen LogP contribution in [0.4, 0.5) is 11.4 Å². The van der Waals surface area contributed by atoms with Gasteiger partial charge in [-0.1, -0.05) is 40.5 Å². The minimum atomic E-state index is -2.00. The van der Waals surface area contributed by atoms with E-state index in [1.54, 1.807) is 14.2 Å². The van der Waals surface area contributed by atoms with Crippen LogP contribution in [0.1, 0.15) is 47.0 Å². The van der Waals surface area contributed by atoms with Gasteiger partial charge in [-0.2, -0.15) is 0 Å². The van der Waals surface area contributed by atoms with Crippen LogP contribution in [0.3, 0.4) is 0 Å². The first-order valence-corrected chi connectivity index (χ1v) is 17.9. The molecule has 4 aromatic rings. The molecule has 0 fully saturated rings. The van der Waals surface area contributed by atoms with Crippen molar-refractivity contribution in [1.29, 1.82) is 0 Å². The molecule has 42 heavy (non-hydrogen) atoms. The Morgan fingerprint density at radius 2 is 1.69 bits per heavy atom. The predicted molar refractivity (Wildman–Crippen MR) is 177 cm³/mol. The molecule has 7 nitrogen and oxygen atoms in total. The Hall–Kier alpha value is -3.36. The summed E-state index contributed by atoms with van der Waals surface area (Å²) in [5, 5.41) is 0.173. The van der Waals surface area contributed by atoms with Gasteiger partial charge in [0.1, 0.15) is 11.5 Å². The zero-order chi connectivity index (χ0) is 30.5. The van der Waals surface area contributed by atoms with Gasteiger partial charge in [0.15, 0.2) is 8.32 Å². The highest BCUT2D eigenvalue weighted by Gasteiger charge is 2.40. The smallest absolute Gasteiger partial charge is 0.192 e. The standard InChI is InChI=1S/C34H48N4O3Si/c1-10-25(2)13-15-34(3,4)42(8,9)41-18-17-38(28-19-29(39-6)22-30(20-28)40-7)27-11-12-31-32(21-27)36-33(23-35-31)26-14-16-37(5)24-26/h11-12,14,16,19-25H,10,13,15,17-18H2,1-9H3. The predicted octanol–water partition coefficient (Wildman–Crippen LogP) is 8.62. The van der Waals surface area contributed by atoms with Crippen LogP contribution in [0.15, 0.2) is 61.1 Å². The van der Waals surface area contributed by atoms with E-state index in [9.17, 15) is 0 Å². The zero-order valence-electron chi connectivity index (χ0n) is 26.9. The molecule has 1 atom stereocenters. The van der Waals surface area contributed by atoms with E-state index in [4.69, 9.17) is 23.9 Å². The normalized spacial score (nSPS) is 12.9. The first-order valence-electron chi connectivity index (χ1n) is 15.0. The largest absolute Gasteiger partial charge is 0.497 e. The van der Waals surface area contributed by atoms with Crippen LogP contribution in [0.2, 0.25) is 18.1 Å². The summed E-state index contributed by atoms with van der Waals surface area (Å²) in [6, 6.07) is 14.3. The van der Waals surface area contributed by atoms with E-state index in [1.165, 1.54) is 19.3 Å². The zero-order valence-corrected chi connectivity index (χ0v) is 27.9. The van der Waals surface area contributed by atoms with Gasteiger partial charge in [0.25, 0.3) is 0 Å². The molecule has 4 rings (SSSR count). The maximum atomic E-state index is 6.82. The Kier molecular flexibility index (Phi) is 10.00. The summed E-state index contributed by atoms with van der Waals surface area (Å²) in [7, 11) is 3.37. The molecule has 2 aromatic carbocycles. The van der Waals surface area contributed by atoms with Crippen LogP contribution >= 0.6 is 0 Å². The maximum absolute atomic E-state index is 6.82. The second-order valence-electron chi connectivity index (χ2n) is 12.5. The number of fused-ring (bicyclic) bond motifs is 1. The van der Waals surface area contributed by atoms with Gasteiger partial charge in [0.2, 0.25) is 0 Å². The van der Waals surface area contributed by atoms with Crippen molar-refractivity contribution in [3.63, 3.8) is 0 Å². The lowest BCUT2D eigenvalue weighted by atomic mass is 9.97. The highest BCUT2D eigenvalue weighted by atomic mass is 28.4. The number of benzene rings is 2. The van der Waals surface area contributed by atoms with Crippen LogP contribution in [-0.2, 0) is 11.5 Å². The molecule has 0 saturated carbocycles. The number of aryl methyl sites for hydroxylation is 1. The summed E-state index contributed by atoms with van der Waals surface area (Å²) in [4.78, 5) is 11.9. The summed E-state index contributed by atoms with van der Waals surface area (Å²) < 4.78 is 20.1. The van der Waals surface area contributed by atoms with E-state index in [0.717, 1.165) is 51.1 Å². The fourth-order valence-corrected chi connectivity index (χ4v) is 6.76. The average molecular weight is 589 g/mol. The third kappa shape index (κ3) is 7.34. The van der Waals surface area contributed by atoms with Crippen molar-refractivity contribution in [2.75, 3.05) is 32.3 Å². The van der Waals surface area contributed by atoms with Gasteiger partial charge in [0.05, 0.1) is 43.8 Å². The third-order valence-electron chi connectivity index (χ3n) is 8.98. The number of hydrogen-bond donors (Lipinski definition) is 0. The molecule has 0 N–H and O–H groups in total. The molecule has 0 amide bonds. The van der Waals surface area contributed by atoms with Crippen LogP contribution in [0, 0.1) is 5.92 Å². The van der Waals surface area contributed by atoms with E-state index >= 15 is 0 Å². The number of aromatic nitrogens is 3. The molecular weight excluding hydrogens is 540 g/mol. The molecule has 1 unspecified atom stereocenters. The maximum Gasteiger partial charge on any atom is 0.192 e. The van der Waals surface area contributed by atoms with Gasteiger partial charge >= 0.3 is 0 Å². The van der Waals surface area contributed by atoms with Crippen LogP contribution in [-0.4, -0.2) is 50.2 Å². The van der Waals surface area contributed by atoms with Gasteiger partial charge in [0, 0.05) is 61.1 Å². The SMILES string of the molecule is CCC(C)CCC(C)(C)[Si](C)(C)OCCN(c1cc(OC)cc(OC)c1)c1ccc2ncc(-c3ccn(C)c3)nc2c1. The van der Waals surface area contributed by atoms with Crippen molar-refractivity contribution in [1.82, 2.24) is 14.5 Å². The van der Waals surface area contributed by atoms with Crippen molar-refractivity contribution in [3.8, 4) is 22.8 Å². The number of methoxy groups -OCH3 is 2. The van der Waals surface area contributed by atoms with Crippen LogP contribution < -0.4 is 14.4 Å². The van der Waals surface area contributed by atoms with Crippen molar-refractivity contribution in [3.05, 3.63) is 61.1 Å². The lowest BCUT2D eigenvalue weighted by Gasteiger charge is -2.40. The van der Waals surface area contributed by atoms with Gasteiger partial charge in [-0.05, 0) is 54.7 Å². The molecule has 2 aromatic heterocycles. The molecule has 0 aliphatic carbocycles. The van der Waals surface area contributed by atoms with E-state index in [1.807, 2.05) is 48.3 Å².